The van der Waals surface area contributed by atoms with Crippen molar-refractivity contribution in [2.75, 3.05) is 0 Å². The van der Waals surface area contributed by atoms with E-state index in [2.05, 4.69) is 9.73 Å². The maximum Gasteiger partial charge on any atom is 0.387 e. The summed E-state index contributed by atoms with van der Waals surface area (Å²) in [5.41, 5.74) is 3.59. The molecule has 0 saturated carbocycles. The number of rotatable bonds is 4. The minimum absolute atomic E-state index is 0.0468. The Morgan fingerprint density at radius 1 is 1.08 bits per heavy atom. The van der Waals surface area contributed by atoms with Crippen LogP contribution in [0.2, 0.25) is 0 Å². The van der Waals surface area contributed by atoms with Crippen molar-refractivity contribution < 1.29 is 23.0 Å². The van der Waals surface area contributed by atoms with Gasteiger partial charge in [0.2, 0.25) is 5.90 Å². The first-order chi connectivity index (χ1) is 11.9. The van der Waals surface area contributed by atoms with Gasteiger partial charge in [0.05, 0.1) is 0 Å². The molecule has 0 spiro atoms. The third kappa shape index (κ3) is 4.09. The Hall–Kier alpha value is -3.02. The molecular weight excluding hydrogens is 328 g/mol. The summed E-state index contributed by atoms with van der Waals surface area (Å²) in [6.07, 6.45) is 1.53. The molecule has 3 rings (SSSR count). The van der Waals surface area contributed by atoms with Gasteiger partial charge in [-0.3, -0.25) is 0 Å². The van der Waals surface area contributed by atoms with Gasteiger partial charge >= 0.3 is 12.6 Å². The maximum absolute atomic E-state index is 12.1. The number of aryl methyl sites for hydroxylation is 2. The lowest BCUT2D eigenvalue weighted by Crippen LogP contribution is -2.06. The largest absolute Gasteiger partial charge is 0.435 e. The fourth-order valence-corrected chi connectivity index (χ4v) is 2.53. The van der Waals surface area contributed by atoms with E-state index in [1.807, 2.05) is 32.0 Å². The van der Waals surface area contributed by atoms with Crippen molar-refractivity contribution in [3.63, 3.8) is 0 Å². The monoisotopic (exact) mass is 343 g/mol. The maximum atomic E-state index is 12.1. The van der Waals surface area contributed by atoms with Crippen LogP contribution in [0.4, 0.5) is 8.78 Å². The third-order valence-electron chi connectivity index (χ3n) is 3.50. The second-order valence-electron chi connectivity index (χ2n) is 5.66. The van der Waals surface area contributed by atoms with Crippen molar-refractivity contribution in [1.82, 2.24) is 0 Å². The normalized spacial score (nSPS) is 15.5. The SMILES string of the molecule is Cc1cc(C)cc(C2=N/C(=C/c3ccc(OC(F)F)cc3)C(=O)O2)c1. The van der Waals surface area contributed by atoms with Gasteiger partial charge in [0.25, 0.3) is 0 Å². The summed E-state index contributed by atoms with van der Waals surface area (Å²) in [5, 5.41) is 0. The molecule has 0 N–H and O–H groups in total. The van der Waals surface area contributed by atoms with E-state index >= 15 is 0 Å². The van der Waals surface area contributed by atoms with Crippen LogP contribution in [0.5, 0.6) is 5.75 Å². The molecule has 4 nitrogen and oxygen atoms in total. The van der Waals surface area contributed by atoms with E-state index in [1.165, 1.54) is 18.2 Å². The van der Waals surface area contributed by atoms with Crippen molar-refractivity contribution >= 4 is 17.9 Å². The predicted molar refractivity (Wildman–Crippen MR) is 89.6 cm³/mol. The lowest BCUT2D eigenvalue weighted by Gasteiger charge is -2.03. The molecule has 0 saturated heterocycles. The molecule has 2 aromatic rings. The van der Waals surface area contributed by atoms with Crippen molar-refractivity contribution in [2.45, 2.75) is 20.5 Å². The zero-order valence-electron chi connectivity index (χ0n) is 13.6. The Balaban J connectivity index is 1.85. The molecule has 0 amide bonds. The van der Waals surface area contributed by atoms with E-state index in [1.54, 1.807) is 12.1 Å². The fraction of sp³-hybridized carbons (Fsp3) is 0.158. The number of carbonyl (C=O) groups is 1. The summed E-state index contributed by atoms with van der Waals surface area (Å²) in [6, 6.07) is 11.7. The summed E-state index contributed by atoms with van der Waals surface area (Å²) in [5.74, 6) is -0.256. The Morgan fingerprint density at radius 2 is 1.72 bits per heavy atom. The minimum atomic E-state index is -2.88. The van der Waals surface area contributed by atoms with Crippen LogP contribution in [0.3, 0.4) is 0 Å². The minimum Gasteiger partial charge on any atom is -0.435 e. The van der Waals surface area contributed by atoms with Crippen LogP contribution in [-0.4, -0.2) is 18.5 Å². The number of ether oxygens (including phenoxy) is 2. The molecule has 0 atom stereocenters. The number of hydrogen-bond donors (Lipinski definition) is 0. The standard InChI is InChI=1S/C19H15F2NO3/c1-11-7-12(2)9-14(8-11)17-22-16(18(23)25-17)10-13-3-5-15(6-4-13)24-19(20)21/h3-10,19H,1-2H3/b16-10+. The average molecular weight is 343 g/mol. The number of aliphatic imine (C=N–C) groups is 1. The summed E-state index contributed by atoms with van der Waals surface area (Å²) in [6.45, 7) is 1.03. The first-order valence-corrected chi connectivity index (χ1v) is 7.57. The van der Waals surface area contributed by atoms with Crippen LogP contribution >= 0.6 is 0 Å². The zero-order valence-corrected chi connectivity index (χ0v) is 13.6. The molecule has 1 heterocycles. The number of carbonyl (C=O) groups excluding carboxylic acids is 1. The third-order valence-corrected chi connectivity index (χ3v) is 3.50. The van der Waals surface area contributed by atoms with E-state index in [0.717, 1.165) is 16.7 Å². The summed E-state index contributed by atoms with van der Waals surface area (Å²) < 4.78 is 33.8. The first-order valence-electron chi connectivity index (χ1n) is 7.57. The van der Waals surface area contributed by atoms with Crippen molar-refractivity contribution in [3.8, 4) is 5.75 Å². The Morgan fingerprint density at radius 3 is 2.32 bits per heavy atom. The Bertz CT molecular complexity index is 850. The highest BCUT2D eigenvalue weighted by Crippen LogP contribution is 2.22. The second kappa shape index (κ2) is 6.84. The topological polar surface area (TPSA) is 47.9 Å². The van der Waals surface area contributed by atoms with Crippen LogP contribution in [0.15, 0.2) is 53.2 Å². The van der Waals surface area contributed by atoms with E-state index in [9.17, 15) is 13.6 Å². The molecule has 0 bridgehead atoms. The van der Waals surface area contributed by atoms with Gasteiger partial charge in [-0.1, -0.05) is 29.3 Å². The fourth-order valence-electron chi connectivity index (χ4n) is 2.53. The first kappa shape index (κ1) is 16.8. The molecule has 0 aliphatic carbocycles. The highest BCUT2D eigenvalue weighted by Gasteiger charge is 2.24. The Kier molecular flexibility index (Phi) is 4.61. The number of esters is 1. The van der Waals surface area contributed by atoms with Gasteiger partial charge < -0.3 is 9.47 Å². The molecule has 2 aromatic carbocycles. The number of cyclic esters (lactones) is 1. The molecule has 128 valence electrons. The summed E-state index contributed by atoms with van der Waals surface area (Å²) >= 11 is 0. The van der Waals surface area contributed by atoms with E-state index < -0.39 is 12.6 Å². The second-order valence-corrected chi connectivity index (χ2v) is 5.66. The number of hydrogen-bond acceptors (Lipinski definition) is 4. The van der Waals surface area contributed by atoms with Crippen LogP contribution in [0.25, 0.3) is 6.08 Å². The van der Waals surface area contributed by atoms with Crippen molar-refractivity contribution in [1.29, 1.82) is 0 Å². The van der Waals surface area contributed by atoms with E-state index in [4.69, 9.17) is 4.74 Å². The van der Waals surface area contributed by atoms with Gasteiger partial charge in [0.1, 0.15) is 5.75 Å². The number of benzene rings is 2. The van der Waals surface area contributed by atoms with Gasteiger partial charge in [0, 0.05) is 5.56 Å². The van der Waals surface area contributed by atoms with Crippen LogP contribution in [0.1, 0.15) is 22.3 Å². The summed E-state index contributed by atoms with van der Waals surface area (Å²) in [7, 11) is 0. The molecule has 0 aromatic heterocycles. The molecule has 0 unspecified atom stereocenters. The highest BCUT2D eigenvalue weighted by atomic mass is 19.3. The molecule has 6 heteroatoms. The van der Waals surface area contributed by atoms with Crippen molar-refractivity contribution in [2.24, 2.45) is 4.99 Å². The lowest BCUT2D eigenvalue weighted by atomic mass is 10.1. The smallest absolute Gasteiger partial charge is 0.387 e. The molecule has 1 aliphatic rings. The Labute approximate surface area is 143 Å². The molecule has 1 aliphatic heterocycles. The van der Waals surface area contributed by atoms with Crippen molar-refractivity contribution in [3.05, 3.63) is 70.4 Å². The zero-order chi connectivity index (χ0) is 18.0. The summed E-state index contributed by atoms with van der Waals surface area (Å²) in [4.78, 5) is 16.3. The van der Waals surface area contributed by atoms with Crippen LogP contribution < -0.4 is 4.74 Å². The number of alkyl halides is 2. The number of nitrogens with zero attached hydrogens (tertiary/aromatic N) is 1. The number of halogens is 2. The molecule has 25 heavy (non-hydrogen) atoms. The molecular formula is C19H15F2NO3. The van der Waals surface area contributed by atoms with Crippen LogP contribution in [0, 0.1) is 13.8 Å². The van der Waals surface area contributed by atoms with Crippen LogP contribution in [-0.2, 0) is 9.53 Å². The van der Waals surface area contributed by atoms with Gasteiger partial charge in [-0.05, 0) is 49.8 Å². The molecule has 0 fully saturated rings. The highest BCUT2D eigenvalue weighted by molar-refractivity contribution is 6.12. The van der Waals surface area contributed by atoms with E-state index in [0.29, 0.717) is 5.56 Å². The van der Waals surface area contributed by atoms with Gasteiger partial charge in [-0.2, -0.15) is 8.78 Å². The predicted octanol–water partition coefficient (Wildman–Crippen LogP) is 4.25. The van der Waals surface area contributed by atoms with Gasteiger partial charge in [0.15, 0.2) is 5.70 Å². The van der Waals surface area contributed by atoms with Gasteiger partial charge in [-0.15, -0.1) is 0 Å². The quantitative estimate of drug-likeness (QED) is 0.616. The lowest BCUT2D eigenvalue weighted by molar-refractivity contribution is -0.129. The van der Waals surface area contributed by atoms with Gasteiger partial charge in [-0.25, -0.2) is 9.79 Å². The van der Waals surface area contributed by atoms with E-state index in [-0.39, 0.29) is 17.3 Å². The molecule has 0 radical (unpaired) electrons. The average Bonchev–Trinajstić information content (AvgIpc) is 2.89.